The van der Waals surface area contributed by atoms with Gasteiger partial charge < -0.3 is 30.4 Å². The fourth-order valence-corrected chi connectivity index (χ4v) is 6.76. The Hall–Kier alpha value is -7.37. The molecule has 16 nitrogen and oxygen atoms in total. The van der Waals surface area contributed by atoms with Gasteiger partial charge in [-0.25, -0.2) is 49.1 Å². The Morgan fingerprint density at radius 2 is 0.679 bits per heavy atom. The molecule has 0 spiro atoms. The topological polar surface area (TPSA) is 258 Å². The predicted molar refractivity (Wildman–Crippen MR) is 184 cm³/mol. The number of hydrogen-bond donors (Lipinski definition) is 6. The van der Waals surface area contributed by atoms with Crippen LogP contribution in [0.3, 0.4) is 0 Å². The van der Waals surface area contributed by atoms with Crippen LogP contribution in [0.4, 0.5) is 0 Å². The SMILES string of the molecule is O=C(O)c1c(C(=O)O)c(C(=O)O)c2c3nc4nc(nc5[nH]c(nc6nc(nc([nH]3)c2c1C(=O)O)-c1ccccc1-6)c1ccccc51)-c1ccccc1-4.[Co]. The standard InChI is InChI=1S/C36H18N8O8.Co/c45-33(46)21-19-20(22(34(47)48)24(36(51)52)23(21)35(49)50)32-43-30-18-12-6-4-10-16(18)28(41-30)39-26-14-8-2-1-7-13(14)25(37-26)38-27-15-9-3-5-11-17(15)29(40-27)42-31(19)44-32;/h1-12H,(H,45,46)(H,47,48)(H,49,50)(H,51,52)(H2,37,38,39,40,41,42,43,44);. The predicted octanol–water partition coefficient (Wildman–Crippen LogP) is 5.66. The number of aromatic nitrogens is 8. The molecule has 0 aliphatic carbocycles. The van der Waals surface area contributed by atoms with E-state index in [0.717, 1.165) is 10.8 Å². The molecule has 0 amide bonds. The van der Waals surface area contributed by atoms with Gasteiger partial charge in [-0.2, -0.15) is 0 Å². The van der Waals surface area contributed by atoms with Gasteiger partial charge in [0.25, 0.3) is 0 Å². The van der Waals surface area contributed by atoms with Crippen molar-refractivity contribution in [2.75, 3.05) is 0 Å². The summed E-state index contributed by atoms with van der Waals surface area (Å²) in [4.78, 5) is 85.4. The van der Waals surface area contributed by atoms with Gasteiger partial charge in [0.05, 0.1) is 22.3 Å². The third-order valence-electron chi connectivity index (χ3n) is 8.85. The van der Waals surface area contributed by atoms with Gasteiger partial charge in [0.1, 0.15) is 22.6 Å². The van der Waals surface area contributed by atoms with Crippen LogP contribution in [0.1, 0.15) is 41.4 Å². The first-order valence-corrected chi connectivity index (χ1v) is 15.4. The zero-order valence-electron chi connectivity index (χ0n) is 26.4. The van der Waals surface area contributed by atoms with Gasteiger partial charge >= 0.3 is 23.9 Å². The van der Waals surface area contributed by atoms with Gasteiger partial charge in [0.2, 0.25) is 0 Å². The van der Waals surface area contributed by atoms with Crippen LogP contribution in [-0.2, 0) is 16.8 Å². The molecule has 8 bridgehead atoms. The number of carboxylic acid groups (broad SMARTS) is 4. The van der Waals surface area contributed by atoms with E-state index in [4.69, 9.17) is 9.97 Å². The minimum atomic E-state index is -1.98. The minimum absolute atomic E-state index is 0. The molecule has 3 aromatic heterocycles. The minimum Gasteiger partial charge on any atom is -0.478 e. The molecule has 2 aliphatic heterocycles. The number of H-pyrrole nitrogens is 2. The van der Waals surface area contributed by atoms with Crippen molar-refractivity contribution in [1.82, 2.24) is 39.9 Å². The summed E-state index contributed by atoms with van der Waals surface area (Å²) >= 11 is 0. The van der Waals surface area contributed by atoms with Gasteiger partial charge in [0, 0.05) is 60.6 Å². The van der Waals surface area contributed by atoms with E-state index in [1.54, 1.807) is 48.5 Å². The van der Waals surface area contributed by atoms with Gasteiger partial charge in [-0.15, -0.1) is 0 Å². The van der Waals surface area contributed by atoms with Crippen LogP contribution in [-0.4, -0.2) is 84.2 Å². The molecule has 2 aliphatic rings. The van der Waals surface area contributed by atoms with Crippen LogP contribution in [0.5, 0.6) is 0 Å². The van der Waals surface area contributed by atoms with Crippen molar-refractivity contribution in [3.63, 3.8) is 0 Å². The molecule has 0 saturated carbocycles. The molecule has 4 aromatic carbocycles. The number of nitrogens with one attached hydrogen (secondary N) is 2. The molecular formula is C36H18CoN8O8. The molecule has 53 heavy (non-hydrogen) atoms. The Morgan fingerprint density at radius 1 is 0.396 bits per heavy atom. The van der Waals surface area contributed by atoms with Crippen molar-refractivity contribution in [2.24, 2.45) is 0 Å². The van der Waals surface area contributed by atoms with Gasteiger partial charge in [0.15, 0.2) is 23.3 Å². The van der Waals surface area contributed by atoms with Crippen LogP contribution < -0.4 is 0 Å². The summed E-state index contributed by atoms with van der Waals surface area (Å²) in [7, 11) is 0. The zero-order valence-corrected chi connectivity index (χ0v) is 27.4. The van der Waals surface area contributed by atoms with E-state index in [2.05, 4.69) is 29.9 Å². The first-order chi connectivity index (χ1) is 25.1. The van der Waals surface area contributed by atoms with Crippen LogP contribution in [0.15, 0.2) is 72.8 Å². The van der Waals surface area contributed by atoms with Crippen molar-refractivity contribution in [1.29, 1.82) is 0 Å². The maximum Gasteiger partial charge on any atom is 0.337 e. The van der Waals surface area contributed by atoms with Crippen molar-refractivity contribution in [2.45, 2.75) is 0 Å². The second kappa shape index (κ2) is 11.9. The van der Waals surface area contributed by atoms with Gasteiger partial charge in [-0.05, 0) is 0 Å². The van der Waals surface area contributed by atoms with Gasteiger partial charge in [-0.1, -0.05) is 72.8 Å². The number of carboxylic acids is 4. The normalized spacial score (nSPS) is 11.5. The maximum absolute atomic E-state index is 12.9. The van der Waals surface area contributed by atoms with Crippen molar-refractivity contribution in [3.05, 3.63) is 95.1 Å². The average Bonchev–Trinajstić information content (AvgIpc) is 3.86. The summed E-state index contributed by atoms with van der Waals surface area (Å²) in [6.07, 6.45) is 0. The Morgan fingerprint density at radius 3 is 1.00 bits per heavy atom. The summed E-state index contributed by atoms with van der Waals surface area (Å²) in [6.45, 7) is 0. The maximum atomic E-state index is 12.9. The van der Waals surface area contributed by atoms with Crippen molar-refractivity contribution in [3.8, 4) is 45.6 Å². The number of benzene rings is 4. The first-order valence-electron chi connectivity index (χ1n) is 15.4. The number of aromatic carboxylic acids is 4. The molecule has 6 N–H and O–H groups in total. The number of hydrogen-bond acceptors (Lipinski definition) is 10. The fourth-order valence-electron chi connectivity index (χ4n) is 6.76. The molecule has 0 atom stereocenters. The van der Waals surface area contributed by atoms with Crippen LogP contribution in [0.25, 0.3) is 89.7 Å². The molecule has 0 unspecified atom stereocenters. The molecule has 7 aromatic rings. The second-order valence-corrected chi connectivity index (χ2v) is 11.7. The quantitative estimate of drug-likeness (QED) is 0.127. The summed E-state index contributed by atoms with van der Waals surface area (Å²) in [6, 6.07) is 21.3. The molecular weight excluding hydrogens is 731 g/mol. The smallest absolute Gasteiger partial charge is 0.337 e. The molecule has 9 rings (SSSR count). The molecule has 5 heterocycles. The largest absolute Gasteiger partial charge is 0.478 e. The number of aromatic amines is 2. The molecule has 1 radical (unpaired) electrons. The molecule has 259 valence electrons. The number of fused-ring (bicyclic) bond motifs is 20. The molecule has 17 heteroatoms. The van der Waals surface area contributed by atoms with E-state index in [9.17, 15) is 39.6 Å². The summed E-state index contributed by atoms with van der Waals surface area (Å²) in [5, 5.41) is 41.7. The zero-order chi connectivity index (χ0) is 36.0. The van der Waals surface area contributed by atoms with Gasteiger partial charge in [-0.3, -0.25) is 0 Å². The van der Waals surface area contributed by atoms with E-state index < -0.39 is 56.9 Å². The Labute approximate surface area is 304 Å². The van der Waals surface area contributed by atoms with Crippen LogP contribution in [0.2, 0.25) is 0 Å². The average molecular weight is 750 g/mol. The van der Waals surface area contributed by atoms with Crippen LogP contribution >= 0.6 is 0 Å². The second-order valence-electron chi connectivity index (χ2n) is 11.7. The molecule has 0 fully saturated rings. The Balaban J connectivity index is 0.00000400. The van der Waals surface area contributed by atoms with E-state index in [0.29, 0.717) is 33.5 Å². The number of nitrogens with zero attached hydrogens (tertiary/aromatic N) is 6. The Bertz CT molecular complexity index is 2810. The van der Waals surface area contributed by atoms with E-state index >= 15 is 0 Å². The summed E-state index contributed by atoms with van der Waals surface area (Å²) < 4.78 is 0. The first kappa shape index (κ1) is 32.8. The Kier molecular flexibility index (Phi) is 7.34. The summed E-state index contributed by atoms with van der Waals surface area (Å²) in [5.41, 5.74) is -2.31. The number of carbonyl (C=O) groups is 4. The van der Waals surface area contributed by atoms with Crippen molar-refractivity contribution < 1.29 is 56.4 Å². The van der Waals surface area contributed by atoms with E-state index in [-0.39, 0.29) is 51.4 Å². The number of rotatable bonds is 4. The molecule has 0 saturated heterocycles. The third-order valence-corrected chi connectivity index (χ3v) is 8.85. The van der Waals surface area contributed by atoms with Crippen molar-refractivity contribution >= 4 is 68.0 Å². The third kappa shape index (κ3) is 4.83. The fraction of sp³-hybridized carbons (Fsp3) is 0. The summed E-state index contributed by atoms with van der Waals surface area (Å²) in [5.74, 6) is -7.17. The monoisotopic (exact) mass is 749 g/mol. The van der Waals surface area contributed by atoms with E-state index in [1.165, 1.54) is 0 Å². The van der Waals surface area contributed by atoms with E-state index in [1.807, 2.05) is 24.3 Å². The van der Waals surface area contributed by atoms with Crippen LogP contribution in [0, 0.1) is 0 Å².